The van der Waals surface area contributed by atoms with Crippen LogP contribution in [0.3, 0.4) is 0 Å². The maximum absolute atomic E-state index is 8.94. The molecule has 0 bridgehead atoms. The number of rotatable bonds is 5. The summed E-state index contributed by atoms with van der Waals surface area (Å²) >= 11 is 0. The van der Waals surface area contributed by atoms with E-state index in [0.29, 0.717) is 18.2 Å². The van der Waals surface area contributed by atoms with Gasteiger partial charge in [0.25, 0.3) is 0 Å². The second-order valence-electron chi connectivity index (χ2n) is 7.85. The van der Waals surface area contributed by atoms with Crippen LogP contribution in [-0.2, 0) is 20.1 Å². The third-order valence-corrected chi connectivity index (χ3v) is 5.62. The third kappa shape index (κ3) is 4.93. The number of aliphatic imine (C=N–C) groups is 1. The van der Waals surface area contributed by atoms with Crippen LogP contribution in [0.5, 0.6) is 0 Å². The molecule has 1 saturated carbocycles. The molecule has 0 atom stereocenters. The Kier molecular flexibility index (Phi) is 5.76. The fraction of sp³-hybridized carbons (Fsp3) is 0.524. The molecule has 0 amide bonds. The predicted molar refractivity (Wildman–Crippen MR) is 111 cm³/mol. The molecule has 0 spiro atoms. The number of benzene rings is 1. The number of guanidine groups is 1. The van der Waals surface area contributed by atoms with Crippen LogP contribution < -0.4 is 5.32 Å². The van der Waals surface area contributed by atoms with Gasteiger partial charge in [0.2, 0.25) is 0 Å². The molecule has 1 aliphatic heterocycles. The zero-order chi connectivity index (χ0) is 20.2. The van der Waals surface area contributed by atoms with Crippen molar-refractivity contribution >= 4 is 5.96 Å². The summed E-state index contributed by atoms with van der Waals surface area (Å²) in [6, 6.07) is 10.6. The lowest BCUT2D eigenvalue weighted by molar-refractivity contribution is 0.172. The normalized spacial score (nSPS) is 18.0. The standard InChI is InChI=1S/C21H28N8/c1-16-25-26-20(27(16)2)14-23-21(24-19-7-8-19)29-11-9-28(10-12-29)15-18-5-3-17(13-22)4-6-18/h3-6,19H,7-12,14-15H2,1-2H3,(H,23,24). The predicted octanol–water partition coefficient (Wildman–Crippen LogP) is 1.42. The van der Waals surface area contributed by atoms with Gasteiger partial charge in [-0.05, 0) is 37.5 Å². The molecule has 0 radical (unpaired) electrons. The third-order valence-electron chi connectivity index (χ3n) is 5.62. The summed E-state index contributed by atoms with van der Waals surface area (Å²) in [5.74, 6) is 2.78. The van der Waals surface area contributed by atoms with Crippen LogP contribution in [0.2, 0.25) is 0 Å². The van der Waals surface area contributed by atoms with Crippen LogP contribution in [0.15, 0.2) is 29.3 Å². The highest BCUT2D eigenvalue weighted by atomic mass is 15.4. The van der Waals surface area contributed by atoms with Crippen LogP contribution >= 0.6 is 0 Å². The zero-order valence-electron chi connectivity index (χ0n) is 17.2. The Balaban J connectivity index is 1.35. The Bertz CT molecular complexity index is 896. The highest BCUT2D eigenvalue weighted by Gasteiger charge is 2.27. The van der Waals surface area contributed by atoms with E-state index in [2.05, 4.69) is 43.5 Å². The van der Waals surface area contributed by atoms with Crippen molar-refractivity contribution in [3.8, 4) is 6.07 Å². The molecule has 4 rings (SSSR count). The topological polar surface area (TPSA) is 85.4 Å². The van der Waals surface area contributed by atoms with Crippen molar-refractivity contribution in [1.29, 1.82) is 5.26 Å². The van der Waals surface area contributed by atoms with Crippen molar-refractivity contribution in [2.24, 2.45) is 12.0 Å². The number of hydrogen-bond donors (Lipinski definition) is 1. The Labute approximate surface area is 171 Å². The SMILES string of the molecule is Cc1nnc(CN=C(NC2CC2)N2CCN(Cc3ccc(C#N)cc3)CC2)n1C. The quantitative estimate of drug-likeness (QED) is 0.612. The van der Waals surface area contributed by atoms with Gasteiger partial charge in [0, 0.05) is 45.8 Å². The van der Waals surface area contributed by atoms with Crippen molar-refractivity contribution < 1.29 is 0 Å². The number of nitrogens with one attached hydrogen (secondary N) is 1. The number of nitriles is 1. The Morgan fingerprint density at radius 3 is 2.48 bits per heavy atom. The highest BCUT2D eigenvalue weighted by molar-refractivity contribution is 5.80. The van der Waals surface area contributed by atoms with Gasteiger partial charge in [-0.1, -0.05) is 12.1 Å². The van der Waals surface area contributed by atoms with Gasteiger partial charge in [0.1, 0.15) is 12.4 Å². The van der Waals surface area contributed by atoms with Crippen LogP contribution in [0.4, 0.5) is 0 Å². The largest absolute Gasteiger partial charge is 0.353 e. The van der Waals surface area contributed by atoms with E-state index in [4.69, 9.17) is 10.3 Å². The van der Waals surface area contributed by atoms with Gasteiger partial charge in [-0.15, -0.1) is 10.2 Å². The van der Waals surface area contributed by atoms with Crippen molar-refractivity contribution in [1.82, 2.24) is 29.9 Å². The first kappa shape index (κ1) is 19.4. The minimum absolute atomic E-state index is 0.540. The summed E-state index contributed by atoms with van der Waals surface area (Å²) in [4.78, 5) is 9.67. The molecule has 8 nitrogen and oxygen atoms in total. The molecule has 1 aromatic heterocycles. The van der Waals surface area contributed by atoms with Gasteiger partial charge in [0.05, 0.1) is 11.6 Å². The van der Waals surface area contributed by atoms with E-state index >= 15 is 0 Å². The van der Waals surface area contributed by atoms with E-state index in [-0.39, 0.29) is 0 Å². The molecule has 2 aliphatic rings. The van der Waals surface area contributed by atoms with E-state index in [1.807, 2.05) is 30.7 Å². The molecule has 1 aliphatic carbocycles. The molecular formula is C21H28N8. The van der Waals surface area contributed by atoms with Crippen molar-refractivity contribution in [3.63, 3.8) is 0 Å². The van der Waals surface area contributed by atoms with Gasteiger partial charge >= 0.3 is 0 Å². The molecule has 29 heavy (non-hydrogen) atoms. The number of nitrogens with zero attached hydrogens (tertiary/aromatic N) is 7. The lowest BCUT2D eigenvalue weighted by atomic mass is 10.1. The summed E-state index contributed by atoms with van der Waals surface area (Å²) < 4.78 is 1.99. The van der Waals surface area contributed by atoms with Crippen molar-refractivity contribution in [2.75, 3.05) is 26.2 Å². The molecule has 1 saturated heterocycles. The molecule has 1 aromatic carbocycles. The zero-order valence-corrected chi connectivity index (χ0v) is 17.2. The number of hydrogen-bond acceptors (Lipinski definition) is 5. The Hall–Kier alpha value is -2.92. The summed E-state index contributed by atoms with van der Waals surface area (Å²) in [6.07, 6.45) is 2.45. The first-order valence-electron chi connectivity index (χ1n) is 10.2. The average Bonchev–Trinajstić information content (AvgIpc) is 3.52. The van der Waals surface area contributed by atoms with Gasteiger partial charge in [-0.3, -0.25) is 4.90 Å². The molecule has 8 heteroatoms. The lowest BCUT2D eigenvalue weighted by Crippen LogP contribution is -2.52. The molecule has 2 aromatic rings. The Morgan fingerprint density at radius 1 is 1.17 bits per heavy atom. The second kappa shape index (κ2) is 8.62. The summed E-state index contributed by atoms with van der Waals surface area (Å²) in [7, 11) is 1.98. The van der Waals surface area contributed by atoms with Gasteiger partial charge in [-0.2, -0.15) is 5.26 Å². The fourth-order valence-electron chi connectivity index (χ4n) is 3.44. The molecule has 2 fully saturated rings. The summed E-state index contributed by atoms with van der Waals surface area (Å²) in [5.41, 5.74) is 1.96. The van der Waals surface area contributed by atoms with Crippen LogP contribution in [0, 0.1) is 18.3 Å². The van der Waals surface area contributed by atoms with E-state index in [1.54, 1.807) is 0 Å². The molecule has 2 heterocycles. The van der Waals surface area contributed by atoms with Gasteiger partial charge in [0.15, 0.2) is 11.8 Å². The molecule has 1 N–H and O–H groups in total. The minimum Gasteiger partial charge on any atom is -0.353 e. The maximum atomic E-state index is 8.94. The molecule has 152 valence electrons. The highest BCUT2D eigenvalue weighted by Crippen LogP contribution is 2.19. The van der Waals surface area contributed by atoms with Gasteiger partial charge in [-0.25, -0.2) is 4.99 Å². The number of aryl methyl sites for hydroxylation is 1. The Morgan fingerprint density at radius 2 is 1.90 bits per heavy atom. The first-order chi connectivity index (χ1) is 14.1. The lowest BCUT2D eigenvalue weighted by Gasteiger charge is -2.36. The van der Waals surface area contributed by atoms with Crippen LogP contribution in [-0.4, -0.2) is 62.7 Å². The summed E-state index contributed by atoms with van der Waals surface area (Å²) in [5, 5.41) is 20.9. The van der Waals surface area contributed by atoms with E-state index in [1.165, 1.54) is 18.4 Å². The monoisotopic (exact) mass is 392 g/mol. The second-order valence-corrected chi connectivity index (χ2v) is 7.85. The van der Waals surface area contributed by atoms with Crippen LogP contribution in [0.1, 0.15) is 35.6 Å². The molecule has 0 unspecified atom stereocenters. The number of piperazine rings is 1. The minimum atomic E-state index is 0.540. The molecular weight excluding hydrogens is 364 g/mol. The van der Waals surface area contributed by atoms with E-state index in [0.717, 1.165) is 50.3 Å². The smallest absolute Gasteiger partial charge is 0.194 e. The first-order valence-corrected chi connectivity index (χ1v) is 10.2. The number of aromatic nitrogens is 3. The fourth-order valence-corrected chi connectivity index (χ4v) is 3.44. The average molecular weight is 393 g/mol. The van der Waals surface area contributed by atoms with E-state index in [9.17, 15) is 0 Å². The maximum Gasteiger partial charge on any atom is 0.194 e. The van der Waals surface area contributed by atoms with Crippen molar-refractivity contribution in [2.45, 2.75) is 38.9 Å². The summed E-state index contributed by atoms with van der Waals surface area (Å²) in [6.45, 7) is 7.30. The van der Waals surface area contributed by atoms with Gasteiger partial charge < -0.3 is 14.8 Å². The van der Waals surface area contributed by atoms with Crippen molar-refractivity contribution in [3.05, 3.63) is 47.0 Å². The van der Waals surface area contributed by atoms with Crippen LogP contribution in [0.25, 0.3) is 0 Å². The van der Waals surface area contributed by atoms with E-state index < -0.39 is 0 Å².